The molecule has 1 aromatic carbocycles. The van der Waals surface area contributed by atoms with Crippen molar-refractivity contribution in [2.24, 2.45) is 5.92 Å². The normalized spacial score (nSPS) is 20.0. The molecular weight excluding hydrogens is 196 g/mol. The van der Waals surface area contributed by atoms with Crippen molar-refractivity contribution in [3.8, 4) is 0 Å². The molecule has 1 aliphatic carbocycles. The van der Waals surface area contributed by atoms with Gasteiger partial charge in [0.2, 0.25) is 0 Å². The van der Waals surface area contributed by atoms with Gasteiger partial charge < -0.3 is 0 Å². The first-order chi connectivity index (χ1) is 7.83. The Morgan fingerprint density at radius 1 is 1.31 bits per heavy atom. The predicted molar refractivity (Wildman–Crippen MR) is 66.4 cm³/mol. The minimum absolute atomic E-state index is 0.158. The van der Waals surface area contributed by atoms with Crippen LogP contribution in [-0.2, 0) is 0 Å². The van der Waals surface area contributed by atoms with Crippen LogP contribution in [-0.4, -0.2) is 5.78 Å². The quantitative estimate of drug-likeness (QED) is 0.550. The molecule has 0 saturated carbocycles. The van der Waals surface area contributed by atoms with Crippen molar-refractivity contribution in [1.29, 1.82) is 0 Å². The molecule has 1 heteroatoms. The van der Waals surface area contributed by atoms with E-state index in [0.29, 0.717) is 0 Å². The SMILES string of the molecule is C=CC1CCCC=C1C(=O)c1ccccc1. The molecule has 2 rings (SSSR count). The van der Waals surface area contributed by atoms with Gasteiger partial charge in [-0.05, 0) is 19.3 Å². The van der Waals surface area contributed by atoms with Gasteiger partial charge in [-0.25, -0.2) is 0 Å². The van der Waals surface area contributed by atoms with Crippen LogP contribution in [0.25, 0.3) is 0 Å². The van der Waals surface area contributed by atoms with E-state index < -0.39 is 0 Å². The zero-order valence-electron chi connectivity index (χ0n) is 9.36. The smallest absolute Gasteiger partial charge is 0.189 e. The van der Waals surface area contributed by atoms with Gasteiger partial charge in [-0.15, -0.1) is 6.58 Å². The van der Waals surface area contributed by atoms with Crippen LogP contribution in [0.2, 0.25) is 0 Å². The van der Waals surface area contributed by atoms with Crippen LogP contribution < -0.4 is 0 Å². The average molecular weight is 212 g/mol. The highest BCUT2D eigenvalue weighted by molar-refractivity contribution is 6.09. The van der Waals surface area contributed by atoms with Crippen LogP contribution >= 0.6 is 0 Å². The summed E-state index contributed by atoms with van der Waals surface area (Å²) in [5.41, 5.74) is 1.70. The molecule has 0 bridgehead atoms. The molecule has 0 N–H and O–H groups in total. The van der Waals surface area contributed by atoms with Crippen molar-refractivity contribution in [2.45, 2.75) is 19.3 Å². The zero-order valence-corrected chi connectivity index (χ0v) is 9.36. The van der Waals surface area contributed by atoms with E-state index in [9.17, 15) is 4.79 Å². The van der Waals surface area contributed by atoms with E-state index in [2.05, 4.69) is 12.7 Å². The Hall–Kier alpha value is -1.63. The Labute approximate surface area is 96.5 Å². The molecule has 1 nitrogen and oxygen atoms in total. The largest absolute Gasteiger partial charge is 0.289 e. The lowest BCUT2D eigenvalue weighted by Gasteiger charge is -2.20. The highest BCUT2D eigenvalue weighted by Crippen LogP contribution is 2.28. The molecule has 1 aromatic rings. The molecule has 0 heterocycles. The summed E-state index contributed by atoms with van der Waals surface area (Å²) in [6, 6.07) is 9.48. The van der Waals surface area contributed by atoms with Gasteiger partial charge >= 0.3 is 0 Å². The molecule has 1 atom stereocenters. The fourth-order valence-corrected chi connectivity index (χ4v) is 2.16. The van der Waals surface area contributed by atoms with Gasteiger partial charge in [-0.1, -0.05) is 42.5 Å². The summed E-state index contributed by atoms with van der Waals surface area (Å²) in [7, 11) is 0. The van der Waals surface area contributed by atoms with Gasteiger partial charge in [0.25, 0.3) is 0 Å². The first-order valence-electron chi connectivity index (χ1n) is 5.75. The van der Waals surface area contributed by atoms with E-state index >= 15 is 0 Å². The molecule has 16 heavy (non-hydrogen) atoms. The molecule has 0 saturated heterocycles. The maximum absolute atomic E-state index is 12.3. The number of benzene rings is 1. The van der Waals surface area contributed by atoms with Gasteiger partial charge in [0.15, 0.2) is 5.78 Å². The maximum Gasteiger partial charge on any atom is 0.189 e. The minimum Gasteiger partial charge on any atom is -0.289 e. The third-order valence-electron chi connectivity index (χ3n) is 3.07. The van der Waals surface area contributed by atoms with Crippen LogP contribution in [0.15, 0.2) is 54.6 Å². The number of allylic oxidation sites excluding steroid dienone is 3. The van der Waals surface area contributed by atoms with Crippen molar-refractivity contribution in [2.75, 3.05) is 0 Å². The van der Waals surface area contributed by atoms with Crippen LogP contribution in [0.1, 0.15) is 29.6 Å². The van der Waals surface area contributed by atoms with Crippen molar-refractivity contribution in [1.82, 2.24) is 0 Å². The molecule has 1 aliphatic rings. The summed E-state index contributed by atoms with van der Waals surface area (Å²) in [4.78, 5) is 12.3. The third-order valence-corrected chi connectivity index (χ3v) is 3.07. The average Bonchev–Trinajstić information content (AvgIpc) is 2.39. The minimum atomic E-state index is 0.158. The lowest BCUT2D eigenvalue weighted by atomic mass is 9.83. The van der Waals surface area contributed by atoms with Gasteiger partial charge in [-0.2, -0.15) is 0 Å². The fourth-order valence-electron chi connectivity index (χ4n) is 2.16. The van der Waals surface area contributed by atoms with Crippen LogP contribution in [0.3, 0.4) is 0 Å². The molecule has 82 valence electrons. The van der Waals surface area contributed by atoms with Crippen molar-refractivity contribution < 1.29 is 4.79 Å². The summed E-state index contributed by atoms with van der Waals surface area (Å²) in [5.74, 6) is 0.395. The molecule has 0 radical (unpaired) electrons. The Kier molecular flexibility index (Phi) is 3.35. The summed E-state index contributed by atoms with van der Waals surface area (Å²) in [6.07, 6.45) is 7.19. The van der Waals surface area contributed by atoms with Gasteiger partial charge in [0.1, 0.15) is 0 Å². The van der Waals surface area contributed by atoms with Gasteiger partial charge in [0, 0.05) is 17.1 Å². The van der Waals surface area contributed by atoms with Crippen molar-refractivity contribution in [3.63, 3.8) is 0 Å². The Bertz CT molecular complexity index is 414. The Morgan fingerprint density at radius 2 is 2.06 bits per heavy atom. The predicted octanol–water partition coefficient (Wildman–Crippen LogP) is 3.78. The van der Waals surface area contributed by atoms with Gasteiger partial charge in [0.05, 0.1) is 0 Å². The molecule has 0 fully saturated rings. The number of hydrogen-bond donors (Lipinski definition) is 0. The summed E-state index contributed by atoms with van der Waals surface area (Å²) in [5, 5.41) is 0. The van der Waals surface area contributed by atoms with E-state index in [1.54, 1.807) is 0 Å². The second-order valence-electron chi connectivity index (χ2n) is 4.13. The monoisotopic (exact) mass is 212 g/mol. The number of hydrogen-bond acceptors (Lipinski definition) is 1. The van der Waals surface area contributed by atoms with E-state index in [1.807, 2.05) is 36.4 Å². The number of rotatable bonds is 3. The van der Waals surface area contributed by atoms with E-state index in [4.69, 9.17) is 0 Å². The second kappa shape index (κ2) is 4.93. The highest BCUT2D eigenvalue weighted by Gasteiger charge is 2.21. The molecule has 0 aromatic heterocycles. The zero-order chi connectivity index (χ0) is 11.4. The number of ketones is 1. The highest BCUT2D eigenvalue weighted by atomic mass is 16.1. The standard InChI is InChI=1S/C15H16O/c1-2-12-8-6-7-11-14(12)15(16)13-9-4-3-5-10-13/h2-5,9-12H,1,6-8H2. The topological polar surface area (TPSA) is 17.1 Å². The number of carbonyl (C=O) groups is 1. The first kappa shape index (κ1) is 10.9. The second-order valence-corrected chi connectivity index (χ2v) is 4.13. The third kappa shape index (κ3) is 2.13. The molecule has 0 aliphatic heterocycles. The lowest BCUT2D eigenvalue weighted by Crippen LogP contribution is -2.14. The van der Waals surface area contributed by atoms with Gasteiger partial charge in [-0.3, -0.25) is 4.79 Å². The van der Waals surface area contributed by atoms with Crippen LogP contribution in [0.4, 0.5) is 0 Å². The molecule has 0 spiro atoms. The molecule has 1 unspecified atom stereocenters. The Morgan fingerprint density at radius 3 is 2.75 bits per heavy atom. The van der Waals surface area contributed by atoms with E-state index in [0.717, 1.165) is 30.4 Å². The maximum atomic E-state index is 12.3. The Balaban J connectivity index is 2.27. The summed E-state index contributed by atoms with van der Waals surface area (Å²) >= 11 is 0. The first-order valence-corrected chi connectivity index (χ1v) is 5.75. The van der Waals surface area contributed by atoms with E-state index in [-0.39, 0.29) is 11.7 Å². The van der Waals surface area contributed by atoms with Crippen LogP contribution in [0, 0.1) is 5.92 Å². The number of Topliss-reactive ketones (excluding diaryl/α,β-unsaturated/α-hetero) is 1. The molecular formula is C15H16O. The lowest BCUT2D eigenvalue weighted by molar-refractivity contribution is 0.102. The van der Waals surface area contributed by atoms with E-state index in [1.165, 1.54) is 0 Å². The summed E-state index contributed by atoms with van der Waals surface area (Å²) in [6.45, 7) is 3.82. The van der Waals surface area contributed by atoms with Crippen molar-refractivity contribution in [3.05, 3.63) is 60.2 Å². The number of carbonyl (C=O) groups excluding carboxylic acids is 1. The van der Waals surface area contributed by atoms with Crippen LogP contribution in [0.5, 0.6) is 0 Å². The summed E-state index contributed by atoms with van der Waals surface area (Å²) < 4.78 is 0. The fraction of sp³-hybridized carbons (Fsp3) is 0.267. The van der Waals surface area contributed by atoms with Crippen molar-refractivity contribution >= 4 is 5.78 Å². The molecule has 0 amide bonds.